The minimum atomic E-state index is -0.855. The van der Waals surface area contributed by atoms with Gasteiger partial charge in [0, 0.05) is 6.42 Å². The normalized spacial score (nSPS) is 13.4. The predicted molar refractivity (Wildman–Crippen MR) is 170 cm³/mol. The van der Waals surface area contributed by atoms with Crippen molar-refractivity contribution < 1.29 is 15.0 Å². The molecule has 0 heterocycles. The highest BCUT2D eigenvalue weighted by molar-refractivity contribution is 5.76. The number of carbonyl (C=O) groups excluding carboxylic acids is 1. The summed E-state index contributed by atoms with van der Waals surface area (Å²) in [6.45, 7) is 4.27. The highest BCUT2D eigenvalue weighted by Crippen LogP contribution is 2.14. The lowest BCUT2D eigenvalue weighted by Crippen LogP contribution is -2.45. The first-order chi connectivity index (χ1) is 19.2. The molecule has 0 aliphatic heterocycles. The molecule has 0 aromatic heterocycles. The Morgan fingerprint density at radius 2 is 1.00 bits per heavy atom. The molecule has 3 N–H and O–H groups in total. The van der Waals surface area contributed by atoms with Crippen LogP contribution in [0.15, 0.2) is 24.3 Å². The average molecular weight is 550 g/mol. The number of carbonyl (C=O) groups is 1. The van der Waals surface area contributed by atoms with Crippen molar-refractivity contribution in [1.82, 2.24) is 5.32 Å². The van der Waals surface area contributed by atoms with Crippen LogP contribution in [0.25, 0.3) is 0 Å². The summed E-state index contributed by atoms with van der Waals surface area (Å²) in [5, 5.41) is 22.8. The number of aliphatic hydroxyl groups is 2. The van der Waals surface area contributed by atoms with Gasteiger partial charge in [-0.25, -0.2) is 0 Å². The van der Waals surface area contributed by atoms with Gasteiger partial charge in [-0.15, -0.1) is 0 Å². The second-order valence-corrected chi connectivity index (χ2v) is 11.6. The minimum Gasteiger partial charge on any atom is -0.394 e. The maximum Gasteiger partial charge on any atom is 0.220 e. The first-order valence-corrected chi connectivity index (χ1v) is 17.1. The van der Waals surface area contributed by atoms with E-state index in [1.165, 1.54) is 122 Å². The van der Waals surface area contributed by atoms with Crippen LogP contribution in [0.4, 0.5) is 0 Å². The molecule has 1 amide bonds. The van der Waals surface area contributed by atoms with Gasteiger partial charge < -0.3 is 15.5 Å². The molecule has 0 aromatic rings. The summed E-state index contributed by atoms with van der Waals surface area (Å²) in [6, 6.07) is -0.631. The van der Waals surface area contributed by atoms with Gasteiger partial charge in [-0.3, -0.25) is 4.79 Å². The van der Waals surface area contributed by atoms with Crippen LogP contribution in [0.2, 0.25) is 0 Å². The molecule has 0 radical (unpaired) electrons. The number of rotatable bonds is 30. The van der Waals surface area contributed by atoms with Gasteiger partial charge in [0.15, 0.2) is 0 Å². The molecule has 0 saturated carbocycles. The molecule has 2 unspecified atom stereocenters. The topological polar surface area (TPSA) is 69.6 Å². The van der Waals surface area contributed by atoms with Gasteiger partial charge in [0.1, 0.15) is 0 Å². The standard InChI is InChI=1S/C35H67NO3/c1-3-5-7-9-11-13-15-17-18-19-21-23-25-27-29-31-35(39)36-33(32-37)34(38)30-28-26-24-22-20-16-14-12-10-8-6-4-2/h20,22,28,30,33-34,37-38H,3-19,21,23-27,29,31-32H2,1-2H3,(H,36,39)/b22-20+,30-28+. The number of unbranched alkanes of at least 4 members (excludes halogenated alkanes) is 21. The van der Waals surface area contributed by atoms with Crippen LogP contribution in [-0.4, -0.2) is 34.9 Å². The highest BCUT2D eigenvalue weighted by Gasteiger charge is 2.17. The smallest absolute Gasteiger partial charge is 0.220 e. The zero-order valence-electron chi connectivity index (χ0n) is 26.2. The lowest BCUT2D eigenvalue weighted by atomic mass is 10.0. The molecule has 230 valence electrons. The molecule has 0 spiro atoms. The molecule has 0 aromatic carbocycles. The molecular formula is C35H67NO3. The van der Waals surface area contributed by atoms with Gasteiger partial charge in [-0.2, -0.15) is 0 Å². The summed E-state index contributed by atoms with van der Waals surface area (Å²) < 4.78 is 0. The fourth-order valence-electron chi connectivity index (χ4n) is 5.02. The fourth-order valence-corrected chi connectivity index (χ4v) is 5.02. The second-order valence-electron chi connectivity index (χ2n) is 11.6. The maximum absolute atomic E-state index is 12.3. The van der Waals surface area contributed by atoms with Crippen LogP contribution >= 0.6 is 0 Å². The van der Waals surface area contributed by atoms with Crippen molar-refractivity contribution in [1.29, 1.82) is 0 Å². The van der Waals surface area contributed by atoms with Gasteiger partial charge >= 0.3 is 0 Å². The van der Waals surface area contributed by atoms with Gasteiger partial charge in [-0.05, 0) is 32.1 Å². The number of nitrogens with one attached hydrogen (secondary N) is 1. The summed E-state index contributed by atoms with van der Waals surface area (Å²) in [6.07, 6.45) is 38.2. The average Bonchev–Trinajstić information content (AvgIpc) is 2.94. The second kappa shape index (κ2) is 31.4. The number of amides is 1. The monoisotopic (exact) mass is 550 g/mol. The molecule has 0 saturated heterocycles. The van der Waals surface area contributed by atoms with Gasteiger partial charge in [0.25, 0.3) is 0 Å². The zero-order valence-corrected chi connectivity index (χ0v) is 26.2. The molecule has 0 bridgehead atoms. The number of aliphatic hydroxyl groups excluding tert-OH is 2. The van der Waals surface area contributed by atoms with E-state index in [0.29, 0.717) is 6.42 Å². The van der Waals surface area contributed by atoms with Crippen molar-refractivity contribution in [3.63, 3.8) is 0 Å². The Hall–Kier alpha value is -1.13. The Balaban J connectivity index is 3.66. The van der Waals surface area contributed by atoms with Crippen LogP contribution in [0.5, 0.6) is 0 Å². The number of allylic oxidation sites excluding steroid dienone is 3. The molecule has 0 aliphatic carbocycles. The largest absolute Gasteiger partial charge is 0.394 e. The lowest BCUT2D eigenvalue weighted by molar-refractivity contribution is -0.123. The third-order valence-electron chi connectivity index (χ3n) is 7.69. The van der Waals surface area contributed by atoms with Crippen molar-refractivity contribution in [3.05, 3.63) is 24.3 Å². The van der Waals surface area contributed by atoms with E-state index in [4.69, 9.17) is 0 Å². The van der Waals surface area contributed by atoms with E-state index in [2.05, 4.69) is 31.3 Å². The quantitative estimate of drug-likeness (QED) is 0.0617. The van der Waals surface area contributed by atoms with E-state index in [1.54, 1.807) is 6.08 Å². The zero-order chi connectivity index (χ0) is 28.7. The maximum atomic E-state index is 12.3. The SMILES string of the molecule is CCCCCCCC/C=C/CC/C=C/C(O)C(CO)NC(=O)CCCCCCCCCCCCCCCCC. The van der Waals surface area contributed by atoms with Gasteiger partial charge in [0.2, 0.25) is 5.91 Å². The van der Waals surface area contributed by atoms with Crippen molar-refractivity contribution in [2.75, 3.05) is 6.61 Å². The molecule has 4 heteroatoms. The molecule has 0 fully saturated rings. The van der Waals surface area contributed by atoms with Crippen LogP contribution in [0.1, 0.15) is 174 Å². The Morgan fingerprint density at radius 1 is 0.590 bits per heavy atom. The Morgan fingerprint density at radius 3 is 1.49 bits per heavy atom. The predicted octanol–water partition coefficient (Wildman–Crippen LogP) is 9.73. The van der Waals surface area contributed by atoms with E-state index < -0.39 is 12.1 Å². The summed E-state index contributed by atoms with van der Waals surface area (Å²) in [5.74, 6) is -0.0752. The lowest BCUT2D eigenvalue weighted by Gasteiger charge is -2.19. The third kappa shape index (κ3) is 28.2. The van der Waals surface area contributed by atoms with Crippen LogP contribution in [0.3, 0.4) is 0 Å². The Bertz CT molecular complexity index is 560. The van der Waals surface area contributed by atoms with Gasteiger partial charge in [-0.1, -0.05) is 160 Å². The molecular weight excluding hydrogens is 482 g/mol. The van der Waals surface area contributed by atoms with Gasteiger partial charge in [0.05, 0.1) is 18.8 Å². The fraction of sp³-hybridized carbons (Fsp3) is 0.857. The van der Waals surface area contributed by atoms with Crippen molar-refractivity contribution in [3.8, 4) is 0 Å². The van der Waals surface area contributed by atoms with Crippen molar-refractivity contribution in [2.24, 2.45) is 0 Å². The molecule has 39 heavy (non-hydrogen) atoms. The highest BCUT2D eigenvalue weighted by atomic mass is 16.3. The van der Waals surface area contributed by atoms with Crippen LogP contribution in [-0.2, 0) is 4.79 Å². The van der Waals surface area contributed by atoms with Crippen LogP contribution in [0, 0.1) is 0 Å². The number of hydrogen-bond donors (Lipinski definition) is 3. The first-order valence-electron chi connectivity index (χ1n) is 17.1. The molecule has 0 aliphatic rings. The van der Waals surface area contributed by atoms with E-state index in [1.807, 2.05) is 6.08 Å². The van der Waals surface area contributed by atoms with E-state index in [9.17, 15) is 15.0 Å². The summed E-state index contributed by atoms with van der Waals surface area (Å²) in [5.41, 5.74) is 0. The van der Waals surface area contributed by atoms with Crippen LogP contribution < -0.4 is 5.32 Å². The van der Waals surface area contributed by atoms with E-state index >= 15 is 0 Å². The summed E-state index contributed by atoms with van der Waals surface area (Å²) >= 11 is 0. The van der Waals surface area contributed by atoms with Crippen molar-refractivity contribution >= 4 is 5.91 Å². The molecule has 4 nitrogen and oxygen atoms in total. The summed E-state index contributed by atoms with van der Waals surface area (Å²) in [7, 11) is 0. The van der Waals surface area contributed by atoms with Crippen molar-refractivity contribution in [2.45, 2.75) is 187 Å². The summed E-state index contributed by atoms with van der Waals surface area (Å²) in [4.78, 5) is 12.3. The Labute approximate surface area is 243 Å². The molecule has 2 atom stereocenters. The van der Waals surface area contributed by atoms with E-state index in [-0.39, 0.29) is 12.5 Å². The number of hydrogen-bond acceptors (Lipinski definition) is 3. The molecule has 0 rings (SSSR count). The first kappa shape index (κ1) is 37.9. The minimum absolute atomic E-state index is 0.0752. The third-order valence-corrected chi connectivity index (χ3v) is 7.69. The van der Waals surface area contributed by atoms with E-state index in [0.717, 1.165) is 32.1 Å². The Kier molecular flexibility index (Phi) is 30.5.